The summed E-state index contributed by atoms with van der Waals surface area (Å²) in [5.41, 5.74) is -2.18. The SMILES string of the molecule is COC(=O)[C@H](C#N)[C@@](C#N)(C(=O)OC)[C@H]1C[C@@H](C)CCC1=O. The van der Waals surface area contributed by atoms with Gasteiger partial charge in [0.05, 0.1) is 26.4 Å². The van der Waals surface area contributed by atoms with Crippen molar-refractivity contribution in [3.05, 3.63) is 0 Å². The average molecular weight is 306 g/mol. The Morgan fingerprint density at radius 3 is 2.41 bits per heavy atom. The van der Waals surface area contributed by atoms with Crippen molar-refractivity contribution < 1.29 is 23.9 Å². The van der Waals surface area contributed by atoms with Gasteiger partial charge in [-0.05, 0) is 18.8 Å². The number of hydrogen-bond donors (Lipinski definition) is 0. The zero-order valence-electron chi connectivity index (χ0n) is 12.8. The summed E-state index contributed by atoms with van der Waals surface area (Å²) in [7, 11) is 2.11. The van der Waals surface area contributed by atoms with E-state index in [-0.39, 0.29) is 24.5 Å². The first kappa shape index (κ1) is 17.6. The van der Waals surface area contributed by atoms with E-state index in [1.165, 1.54) is 0 Å². The van der Waals surface area contributed by atoms with Gasteiger partial charge in [-0.15, -0.1) is 0 Å². The molecule has 1 fully saturated rings. The molecule has 118 valence electrons. The lowest BCUT2D eigenvalue weighted by atomic mass is 9.61. The third-order valence-corrected chi connectivity index (χ3v) is 4.19. The minimum Gasteiger partial charge on any atom is -0.468 e. The van der Waals surface area contributed by atoms with Crippen LogP contribution in [0.25, 0.3) is 0 Å². The predicted octanol–water partition coefficient (Wildman–Crippen LogP) is 0.987. The van der Waals surface area contributed by atoms with Crippen LogP contribution in [0.15, 0.2) is 0 Å². The van der Waals surface area contributed by atoms with Crippen molar-refractivity contribution in [1.29, 1.82) is 10.5 Å². The molecule has 0 bridgehead atoms. The van der Waals surface area contributed by atoms with E-state index in [2.05, 4.69) is 9.47 Å². The number of carbonyl (C=O) groups is 3. The van der Waals surface area contributed by atoms with Gasteiger partial charge in [0, 0.05) is 12.3 Å². The lowest BCUT2D eigenvalue weighted by Crippen LogP contribution is -2.51. The summed E-state index contributed by atoms with van der Waals surface area (Å²) in [6.07, 6.45) is 1.09. The van der Waals surface area contributed by atoms with Crippen LogP contribution in [0.1, 0.15) is 26.2 Å². The molecule has 0 aromatic rings. The maximum atomic E-state index is 12.3. The molecular weight excluding hydrogens is 288 g/mol. The van der Waals surface area contributed by atoms with Crippen molar-refractivity contribution in [3.63, 3.8) is 0 Å². The van der Waals surface area contributed by atoms with Crippen LogP contribution in [-0.4, -0.2) is 31.9 Å². The molecule has 1 rings (SSSR count). The van der Waals surface area contributed by atoms with E-state index in [4.69, 9.17) is 0 Å². The molecular formula is C15H18N2O5. The van der Waals surface area contributed by atoms with E-state index in [9.17, 15) is 24.9 Å². The van der Waals surface area contributed by atoms with E-state index in [0.717, 1.165) is 14.2 Å². The molecule has 0 spiro atoms. The number of methoxy groups -OCH3 is 2. The zero-order chi connectivity index (χ0) is 16.9. The number of esters is 2. The molecule has 0 aromatic carbocycles. The Morgan fingerprint density at radius 2 is 1.95 bits per heavy atom. The van der Waals surface area contributed by atoms with Crippen LogP contribution in [0.5, 0.6) is 0 Å². The van der Waals surface area contributed by atoms with Crippen LogP contribution in [0.3, 0.4) is 0 Å². The third kappa shape index (κ3) is 2.80. The molecule has 0 aliphatic heterocycles. The zero-order valence-corrected chi connectivity index (χ0v) is 12.8. The summed E-state index contributed by atoms with van der Waals surface area (Å²) in [6.45, 7) is 1.89. The number of ketones is 1. The van der Waals surface area contributed by atoms with Crippen LogP contribution in [0.4, 0.5) is 0 Å². The Balaban J connectivity index is 3.49. The highest BCUT2D eigenvalue weighted by molar-refractivity contribution is 5.96. The predicted molar refractivity (Wildman–Crippen MR) is 72.7 cm³/mol. The number of Topliss-reactive ketones (excluding diaryl/α,β-unsaturated/α-hetero) is 1. The molecule has 0 amide bonds. The highest BCUT2D eigenvalue weighted by Gasteiger charge is 2.60. The molecule has 1 aliphatic rings. The van der Waals surface area contributed by atoms with Crippen molar-refractivity contribution in [3.8, 4) is 12.1 Å². The standard InChI is InChI=1S/C15H18N2O5/c1-9-4-5-12(18)10(6-9)15(8-17,14(20)22-3)11(7-16)13(19)21-2/h9-11H,4-6H2,1-3H3/t9-,10-,11-,15-/m0/s1. The van der Waals surface area contributed by atoms with Crippen LogP contribution in [0, 0.1) is 45.8 Å². The highest BCUT2D eigenvalue weighted by atomic mass is 16.5. The third-order valence-electron chi connectivity index (χ3n) is 4.19. The molecule has 0 saturated heterocycles. The van der Waals surface area contributed by atoms with Crippen molar-refractivity contribution >= 4 is 17.7 Å². The molecule has 22 heavy (non-hydrogen) atoms. The Kier molecular flexibility index (Phi) is 5.64. The largest absolute Gasteiger partial charge is 0.468 e. The Morgan fingerprint density at radius 1 is 1.32 bits per heavy atom. The minimum atomic E-state index is -2.18. The molecule has 0 unspecified atom stereocenters. The monoisotopic (exact) mass is 306 g/mol. The van der Waals surface area contributed by atoms with E-state index in [1.54, 1.807) is 12.1 Å². The van der Waals surface area contributed by atoms with Crippen LogP contribution in [0.2, 0.25) is 0 Å². The first-order valence-electron chi connectivity index (χ1n) is 6.88. The highest BCUT2D eigenvalue weighted by Crippen LogP contribution is 2.44. The van der Waals surface area contributed by atoms with Crippen molar-refractivity contribution in [2.45, 2.75) is 26.2 Å². The number of rotatable bonds is 4. The van der Waals surface area contributed by atoms with Crippen LogP contribution >= 0.6 is 0 Å². The van der Waals surface area contributed by atoms with Gasteiger partial charge in [-0.1, -0.05) is 6.92 Å². The fraction of sp³-hybridized carbons (Fsp3) is 0.667. The number of ether oxygens (including phenoxy) is 2. The van der Waals surface area contributed by atoms with Gasteiger partial charge in [0.15, 0.2) is 11.3 Å². The molecule has 0 N–H and O–H groups in total. The van der Waals surface area contributed by atoms with Gasteiger partial charge < -0.3 is 9.47 Å². The first-order chi connectivity index (χ1) is 10.4. The quantitative estimate of drug-likeness (QED) is 0.710. The molecule has 0 aromatic heterocycles. The molecule has 7 heteroatoms. The summed E-state index contributed by atoms with van der Waals surface area (Å²) < 4.78 is 9.18. The fourth-order valence-electron chi connectivity index (χ4n) is 2.93. The average Bonchev–Trinajstić information content (AvgIpc) is 2.53. The minimum absolute atomic E-state index is 0.0945. The fourth-order valence-corrected chi connectivity index (χ4v) is 2.93. The van der Waals surface area contributed by atoms with E-state index in [0.29, 0.717) is 6.42 Å². The summed E-state index contributed by atoms with van der Waals surface area (Å²) in [5, 5.41) is 18.9. The van der Waals surface area contributed by atoms with E-state index in [1.807, 2.05) is 6.92 Å². The number of carbonyl (C=O) groups excluding carboxylic acids is 3. The number of nitriles is 2. The second-order valence-electron chi connectivity index (χ2n) is 5.46. The van der Waals surface area contributed by atoms with Crippen LogP contribution in [-0.2, 0) is 23.9 Å². The molecule has 1 aliphatic carbocycles. The topological polar surface area (TPSA) is 117 Å². The van der Waals surface area contributed by atoms with Crippen molar-refractivity contribution in [2.75, 3.05) is 14.2 Å². The molecule has 4 atom stereocenters. The molecule has 1 saturated carbocycles. The van der Waals surface area contributed by atoms with Crippen molar-refractivity contribution in [1.82, 2.24) is 0 Å². The Bertz CT molecular complexity index is 559. The second-order valence-corrected chi connectivity index (χ2v) is 5.46. The van der Waals surface area contributed by atoms with Gasteiger partial charge in [-0.3, -0.25) is 14.4 Å². The van der Waals surface area contributed by atoms with Crippen LogP contribution < -0.4 is 0 Å². The smallest absolute Gasteiger partial charge is 0.328 e. The van der Waals surface area contributed by atoms with Gasteiger partial charge in [-0.25, -0.2) is 0 Å². The maximum absolute atomic E-state index is 12.3. The normalized spacial score (nSPS) is 25.0. The first-order valence-corrected chi connectivity index (χ1v) is 6.88. The summed E-state index contributed by atoms with van der Waals surface area (Å²) in [5.74, 6) is -5.07. The Hall–Kier alpha value is -2.41. The maximum Gasteiger partial charge on any atom is 0.328 e. The number of hydrogen-bond acceptors (Lipinski definition) is 7. The van der Waals surface area contributed by atoms with E-state index < -0.39 is 29.2 Å². The lowest BCUT2D eigenvalue weighted by molar-refractivity contribution is -0.166. The van der Waals surface area contributed by atoms with Gasteiger partial charge in [0.25, 0.3) is 0 Å². The summed E-state index contributed by atoms with van der Waals surface area (Å²) in [4.78, 5) is 36.4. The number of nitrogens with zero attached hydrogens (tertiary/aromatic N) is 2. The summed E-state index contributed by atoms with van der Waals surface area (Å²) in [6, 6.07) is 3.38. The Labute approximate surface area is 128 Å². The van der Waals surface area contributed by atoms with Crippen molar-refractivity contribution in [2.24, 2.45) is 23.2 Å². The van der Waals surface area contributed by atoms with Gasteiger partial charge in [0.2, 0.25) is 0 Å². The molecule has 0 heterocycles. The molecule has 0 radical (unpaired) electrons. The lowest BCUT2D eigenvalue weighted by Gasteiger charge is -2.37. The van der Waals surface area contributed by atoms with Gasteiger partial charge >= 0.3 is 11.9 Å². The van der Waals surface area contributed by atoms with Gasteiger partial charge in [0.1, 0.15) is 5.78 Å². The van der Waals surface area contributed by atoms with Gasteiger partial charge in [-0.2, -0.15) is 10.5 Å². The summed E-state index contributed by atoms with van der Waals surface area (Å²) >= 11 is 0. The molecule has 7 nitrogen and oxygen atoms in total. The second kappa shape index (κ2) is 7.04. The van der Waals surface area contributed by atoms with E-state index >= 15 is 0 Å².